The van der Waals surface area contributed by atoms with Crippen LogP contribution in [0.5, 0.6) is 5.75 Å². The van der Waals surface area contributed by atoms with Crippen molar-refractivity contribution in [2.24, 2.45) is 5.10 Å². The Hall–Kier alpha value is -4.45. The molecule has 0 saturated heterocycles. The molecule has 6 heteroatoms. The van der Waals surface area contributed by atoms with Gasteiger partial charge >= 0.3 is 0 Å². The second-order valence-electron chi connectivity index (χ2n) is 10.3. The van der Waals surface area contributed by atoms with Crippen molar-refractivity contribution in [2.75, 3.05) is 7.11 Å². The first-order valence-corrected chi connectivity index (χ1v) is 13.2. The van der Waals surface area contributed by atoms with Gasteiger partial charge in [0.25, 0.3) is 5.56 Å². The average Bonchev–Trinajstić information content (AvgIpc) is 3.20. The predicted molar refractivity (Wildman–Crippen MR) is 159 cm³/mol. The molecule has 2 heterocycles. The molecule has 198 valence electrons. The van der Waals surface area contributed by atoms with Crippen LogP contribution in [0.3, 0.4) is 0 Å². The highest BCUT2D eigenvalue weighted by molar-refractivity contribution is 5.83. The second kappa shape index (κ2) is 10.7. The normalized spacial score (nSPS) is 11.7. The quantitative estimate of drug-likeness (QED) is 0.221. The van der Waals surface area contributed by atoms with Crippen molar-refractivity contribution in [2.45, 2.75) is 47.1 Å². The minimum atomic E-state index is -0.203. The lowest BCUT2D eigenvalue weighted by Crippen LogP contribution is -2.21. The Balaban J connectivity index is 1.66. The van der Waals surface area contributed by atoms with Gasteiger partial charge in [-0.05, 0) is 73.7 Å². The lowest BCUT2D eigenvalue weighted by molar-refractivity contribution is 0.407. The van der Waals surface area contributed by atoms with Crippen molar-refractivity contribution >= 4 is 17.1 Å². The van der Waals surface area contributed by atoms with Crippen molar-refractivity contribution in [3.63, 3.8) is 0 Å². The molecule has 0 aliphatic carbocycles. The van der Waals surface area contributed by atoms with Gasteiger partial charge in [-0.1, -0.05) is 56.3 Å². The number of hydrogen-bond acceptors (Lipinski definition) is 4. The van der Waals surface area contributed by atoms with E-state index in [9.17, 15) is 4.79 Å². The Labute approximate surface area is 229 Å². The summed E-state index contributed by atoms with van der Waals surface area (Å²) in [4.78, 5) is 18.7. The van der Waals surface area contributed by atoms with Gasteiger partial charge in [-0.2, -0.15) is 9.78 Å². The molecule has 0 radical (unpaired) electrons. The first-order valence-electron chi connectivity index (χ1n) is 13.2. The Morgan fingerprint density at radius 3 is 2.41 bits per heavy atom. The molecule has 0 bridgehead atoms. The summed E-state index contributed by atoms with van der Waals surface area (Å²) >= 11 is 0. The molecule has 3 aromatic carbocycles. The molecule has 39 heavy (non-hydrogen) atoms. The molecule has 0 atom stereocenters. The number of nitrogens with zero attached hydrogens (tertiary/aromatic N) is 4. The van der Waals surface area contributed by atoms with Crippen LogP contribution in [0.25, 0.3) is 22.3 Å². The Kier molecular flexibility index (Phi) is 7.20. The van der Waals surface area contributed by atoms with Gasteiger partial charge in [0.05, 0.1) is 24.2 Å². The number of rotatable bonds is 7. The first kappa shape index (κ1) is 26.2. The van der Waals surface area contributed by atoms with E-state index in [1.54, 1.807) is 19.4 Å². The molecule has 2 aromatic heterocycles. The number of hydrogen-bond donors (Lipinski definition) is 0. The van der Waals surface area contributed by atoms with Gasteiger partial charge in [0, 0.05) is 29.1 Å². The predicted octanol–water partition coefficient (Wildman–Crippen LogP) is 6.85. The molecular formula is C33H34N4O2. The van der Waals surface area contributed by atoms with Crippen LogP contribution in [0, 0.1) is 20.8 Å². The fourth-order valence-corrected chi connectivity index (χ4v) is 5.06. The summed E-state index contributed by atoms with van der Waals surface area (Å²) in [7, 11) is 1.68. The van der Waals surface area contributed by atoms with Crippen LogP contribution < -0.4 is 10.3 Å². The van der Waals surface area contributed by atoms with E-state index in [0.29, 0.717) is 16.7 Å². The highest BCUT2D eigenvalue weighted by Gasteiger charge is 2.18. The van der Waals surface area contributed by atoms with E-state index < -0.39 is 0 Å². The molecule has 0 unspecified atom stereocenters. The van der Waals surface area contributed by atoms with Gasteiger partial charge in [-0.25, -0.2) is 4.98 Å². The molecule has 5 rings (SSSR count). The summed E-state index contributed by atoms with van der Waals surface area (Å²) in [6.45, 7) is 11.2. The third-order valence-corrected chi connectivity index (χ3v) is 7.30. The zero-order valence-electron chi connectivity index (χ0n) is 23.4. The van der Waals surface area contributed by atoms with Crippen LogP contribution in [-0.2, 0) is 6.54 Å². The molecule has 0 aliphatic rings. The van der Waals surface area contributed by atoms with Gasteiger partial charge in [0.1, 0.15) is 5.75 Å². The van der Waals surface area contributed by atoms with Crippen LogP contribution in [0.15, 0.2) is 82.7 Å². The van der Waals surface area contributed by atoms with Crippen LogP contribution in [0.2, 0.25) is 0 Å². The standard InChI is InChI=1S/C33H34N4O2/c1-21(2)28-18-29(22(3)16-31(28)39-6)32-35-30-15-11-10-14-27(30)33(38)37(32)34-19-26-17-23(4)36(24(26)5)20-25-12-8-7-9-13-25/h7-19,21H,20H2,1-6H3. The van der Waals surface area contributed by atoms with Crippen molar-refractivity contribution in [3.8, 4) is 17.1 Å². The first-order chi connectivity index (χ1) is 18.8. The highest BCUT2D eigenvalue weighted by Crippen LogP contribution is 2.34. The van der Waals surface area contributed by atoms with Crippen LogP contribution in [-0.4, -0.2) is 27.6 Å². The maximum absolute atomic E-state index is 13.8. The third-order valence-electron chi connectivity index (χ3n) is 7.30. The SMILES string of the molecule is COc1cc(C)c(-c2nc3ccccc3c(=O)n2N=Cc2cc(C)n(Cc3ccccc3)c2C)cc1C(C)C. The number of aryl methyl sites for hydroxylation is 2. The van der Waals surface area contributed by atoms with E-state index >= 15 is 0 Å². The molecule has 0 amide bonds. The fraction of sp³-hybridized carbons (Fsp3) is 0.242. The molecular weight excluding hydrogens is 484 g/mol. The second-order valence-corrected chi connectivity index (χ2v) is 10.3. The Morgan fingerprint density at radius 1 is 0.974 bits per heavy atom. The molecule has 0 saturated carbocycles. The van der Waals surface area contributed by atoms with Gasteiger partial charge in [0.15, 0.2) is 5.82 Å². The molecule has 0 spiro atoms. The summed E-state index contributed by atoms with van der Waals surface area (Å²) in [5.74, 6) is 1.57. The van der Waals surface area contributed by atoms with Crippen molar-refractivity contribution in [3.05, 3.63) is 117 Å². The lowest BCUT2D eigenvalue weighted by Gasteiger charge is -2.17. The van der Waals surface area contributed by atoms with Crippen LogP contribution in [0.4, 0.5) is 0 Å². The average molecular weight is 519 g/mol. The molecule has 0 fully saturated rings. The van der Waals surface area contributed by atoms with Gasteiger partial charge in [-0.15, -0.1) is 0 Å². The van der Waals surface area contributed by atoms with Gasteiger partial charge in [0.2, 0.25) is 0 Å². The lowest BCUT2D eigenvalue weighted by atomic mass is 9.96. The van der Waals surface area contributed by atoms with E-state index in [-0.39, 0.29) is 11.5 Å². The van der Waals surface area contributed by atoms with Gasteiger partial charge < -0.3 is 9.30 Å². The maximum atomic E-state index is 13.8. The maximum Gasteiger partial charge on any atom is 0.282 e. The number of ether oxygens (including phenoxy) is 1. The minimum Gasteiger partial charge on any atom is -0.496 e. The van der Waals surface area contributed by atoms with Gasteiger partial charge in [-0.3, -0.25) is 4.79 Å². The Morgan fingerprint density at radius 2 is 1.69 bits per heavy atom. The number of aromatic nitrogens is 3. The number of methoxy groups -OCH3 is 1. The van der Waals surface area contributed by atoms with E-state index in [2.05, 4.69) is 68.7 Å². The van der Waals surface area contributed by atoms with E-state index in [4.69, 9.17) is 14.8 Å². The van der Waals surface area contributed by atoms with E-state index in [1.807, 2.05) is 37.3 Å². The molecule has 6 nitrogen and oxygen atoms in total. The minimum absolute atomic E-state index is 0.203. The Bertz CT molecular complexity index is 1740. The zero-order valence-corrected chi connectivity index (χ0v) is 23.4. The highest BCUT2D eigenvalue weighted by atomic mass is 16.5. The molecule has 0 N–H and O–H groups in total. The van der Waals surface area contributed by atoms with Crippen LogP contribution in [0.1, 0.15) is 53.4 Å². The summed E-state index contributed by atoms with van der Waals surface area (Å²) < 4.78 is 9.36. The van der Waals surface area contributed by atoms with Crippen molar-refractivity contribution in [1.82, 2.24) is 14.2 Å². The summed E-state index contributed by atoms with van der Waals surface area (Å²) in [5.41, 5.74) is 7.73. The summed E-state index contributed by atoms with van der Waals surface area (Å²) in [6, 6.07) is 24.0. The number of para-hydroxylation sites is 1. The molecule has 5 aromatic rings. The fourth-order valence-electron chi connectivity index (χ4n) is 5.06. The van der Waals surface area contributed by atoms with Crippen molar-refractivity contribution < 1.29 is 4.74 Å². The van der Waals surface area contributed by atoms with E-state index in [1.165, 1.54) is 10.2 Å². The van der Waals surface area contributed by atoms with E-state index in [0.717, 1.165) is 45.9 Å². The zero-order chi connectivity index (χ0) is 27.7. The summed E-state index contributed by atoms with van der Waals surface area (Å²) in [5, 5.41) is 5.29. The number of fused-ring (bicyclic) bond motifs is 1. The third kappa shape index (κ3) is 5.02. The number of benzene rings is 3. The smallest absolute Gasteiger partial charge is 0.282 e. The van der Waals surface area contributed by atoms with Crippen LogP contribution >= 0.6 is 0 Å². The monoisotopic (exact) mass is 518 g/mol. The van der Waals surface area contributed by atoms with Crippen molar-refractivity contribution in [1.29, 1.82) is 0 Å². The topological polar surface area (TPSA) is 61.4 Å². The molecule has 0 aliphatic heterocycles. The summed E-state index contributed by atoms with van der Waals surface area (Å²) in [6.07, 6.45) is 1.77. The largest absolute Gasteiger partial charge is 0.496 e.